The first kappa shape index (κ1) is 53.7. The second-order valence-electron chi connectivity index (χ2n) is 16.5. The minimum absolute atomic E-state index is 0.00201. The number of nitrogens with two attached hydrogens (primary N) is 3. The average molecular weight is 912 g/mol. The first-order valence-electron chi connectivity index (χ1n) is 21.5. The lowest BCUT2D eigenvalue weighted by atomic mass is 9.92. The Labute approximate surface area is 372 Å². The molecule has 63 heavy (non-hydrogen) atoms. The summed E-state index contributed by atoms with van der Waals surface area (Å²) in [6.07, 6.45) is 4.36. The highest BCUT2D eigenvalue weighted by Gasteiger charge is 2.42. The van der Waals surface area contributed by atoms with Crippen LogP contribution in [0.25, 0.3) is 0 Å². The number of carbonyl (C=O) groups excluding carboxylic acids is 9. The lowest BCUT2D eigenvalue weighted by Gasteiger charge is -2.26. The number of nitrogens with one attached hydrogen (secondary N) is 9. The Kier molecular flexibility index (Phi) is 24.2. The Balaban J connectivity index is 1.78. The summed E-state index contributed by atoms with van der Waals surface area (Å²) in [6.45, 7) is 6.44. The van der Waals surface area contributed by atoms with Crippen molar-refractivity contribution >= 4 is 71.0 Å². The maximum absolute atomic E-state index is 13.5. The zero-order valence-corrected chi connectivity index (χ0v) is 37.5. The number of carbonyl (C=O) groups is 9. The Morgan fingerprint density at radius 1 is 0.762 bits per heavy atom. The topological polar surface area (TPSA) is 373 Å². The van der Waals surface area contributed by atoms with E-state index in [1.807, 2.05) is 25.6 Å². The molecule has 356 valence electrons. The van der Waals surface area contributed by atoms with Gasteiger partial charge in [0.05, 0.1) is 25.2 Å². The van der Waals surface area contributed by atoms with Crippen LogP contribution in [-0.4, -0.2) is 132 Å². The number of thioether (sulfide) groups is 1. The van der Waals surface area contributed by atoms with Crippen LogP contribution in [0.15, 0.2) is 4.99 Å². The second kappa shape index (κ2) is 28.3. The first-order valence-corrected chi connectivity index (χ1v) is 22.5. The van der Waals surface area contributed by atoms with E-state index in [1.54, 1.807) is 13.8 Å². The fourth-order valence-corrected chi connectivity index (χ4v) is 8.63. The van der Waals surface area contributed by atoms with Crippen molar-refractivity contribution in [3.63, 3.8) is 0 Å². The number of urea groups is 1. The molecule has 0 aromatic heterocycles. The molecule has 0 spiro atoms. The zero-order valence-electron chi connectivity index (χ0n) is 36.7. The molecule has 0 bridgehead atoms. The molecule has 2 aliphatic rings. The monoisotopic (exact) mass is 912 g/mol. The van der Waals surface area contributed by atoms with Gasteiger partial charge in [-0.3, -0.25) is 48.6 Å². The van der Waals surface area contributed by atoms with Gasteiger partial charge in [-0.25, -0.2) is 10.3 Å². The molecule has 1 unspecified atom stereocenters. The van der Waals surface area contributed by atoms with E-state index in [9.17, 15) is 43.2 Å². The molecule has 2 fully saturated rings. The van der Waals surface area contributed by atoms with Crippen LogP contribution in [0.3, 0.4) is 0 Å². The molecule has 0 aliphatic carbocycles. The molecule has 16 N–H and O–H groups in total. The van der Waals surface area contributed by atoms with Crippen LogP contribution in [0, 0.1) is 17.8 Å². The van der Waals surface area contributed by atoms with Gasteiger partial charge in [0, 0.05) is 42.9 Å². The first-order chi connectivity index (χ1) is 29.8. The third-order valence-corrected chi connectivity index (χ3v) is 11.9. The minimum atomic E-state index is -1.17. The van der Waals surface area contributed by atoms with Gasteiger partial charge in [-0.1, -0.05) is 34.1 Å². The molecule has 7 atom stereocenters. The number of hydrogen-bond donors (Lipinski definition) is 13. The number of fused-ring (bicyclic) bond motifs is 1. The zero-order chi connectivity index (χ0) is 47.1. The van der Waals surface area contributed by atoms with Crippen molar-refractivity contribution in [2.75, 3.05) is 31.9 Å². The SMILES string of the molecule is CC(C)CC(CC(=O)NO)C(=O)N[C@@H](CCCN=C(N)N)C(=O)N[C@H](C(=O)NCC(=O)NCC(=O)N[C@@H](CCCCNC(=O)CCCC[C@@H]1SC[C@@H]2NC(=O)N[C@@H]21)C(N)=O)C(C)C. The number of nitrogens with zero attached hydrogens (tertiary/aromatic N) is 1. The molecule has 2 aliphatic heterocycles. The van der Waals surface area contributed by atoms with Crippen LogP contribution >= 0.6 is 11.8 Å². The van der Waals surface area contributed by atoms with Crippen molar-refractivity contribution in [1.29, 1.82) is 0 Å². The Morgan fingerprint density at radius 3 is 2.11 bits per heavy atom. The maximum atomic E-state index is 13.5. The van der Waals surface area contributed by atoms with E-state index < -0.39 is 84.4 Å². The van der Waals surface area contributed by atoms with Gasteiger partial charge in [0.15, 0.2) is 5.96 Å². The number of rotatable bonds is 30. The highest BCUT2D eigenvalue weighted by molar-refractivity contribution is 8.00. The van der Waals surface area contributed by atoms with E-state index in [0.717, 1.165) is 25.0 Å². The van der Waals surface area contributed by atoms with Crippen molar-refractivity contribution in [2.45, 2.75) is 134 Å². The van der Waals surface area contributed by atoms with Crippen molar-refractivity contribution in [2.24, 2.45) is 39.9 Å². The normalized spacial score (nSPS) is 18.3. The summed E-state index contributed by atoms with van der Waals surface area (Å²) in [7, 11) is 0. The van der Waals surface area contributed by atoms with E-state index in [4.69, 9.17) is 22.4 Å². The van der Waals surface area contributed by atoms with Crippen LogP contribution in [0.4, 0.5) is 4.79 Å². The van der Waals surface area contributed by atoms with Crippen LogP contribution in [-0.2, 0) is 38.4 Å². The molecule has 0 saturated carbocycles. The van der Waals surface area contributed by atoms with E-state index in [0.29, 0.717) is 31.1 Å². The summed E-state index contributed by atoms with van der Waals surface area (Å²) in [5.74, 6) is -5.74. The maximum Gasteiger partial charge on any atom is 0.315 e. The van der Waals surface area contributed by atoms with E-state index in [-0.39, 0.29) is 74.5 Å². The Morgan fingerprint density at radius 2 is 1.46 bits per heavy atom. The van der Waals surface area contributed by atoms with Gasteiger partial charge in [0.1, 0.15) is 18.1 Å². The number of unbranched alkanes of at least 4 members (excludes halogenated alkanes) is 2. The summed E-state index contributed by atoms with van der Waals surface area (Å²) in [4.78, 5) is 117. The lowest BCUT2D eigenvalue weighted by Crippen LogP contribution is -2.57. The molecule has 0 aromatic rings. The van der Waals surface area contributed by atoms with Crippen LogP contribution in [0.2, 0.25) is 0 Å². The fourth-order valence-electron chi connectivity index (χ4n) is 7.09. The summed E-state index contributed by atoms with van der Waals surface area (Å²) < 4.78 is 0. The molecular formula is C39H69N13O10S. The number of aliphatic imine (C=N–C) groups is 1. The van der Waals surface area contributed by atoms with Gasteiger partial charge in [-0.2, -0.15) is 11.8 Å². The quantitative estimate of drug-likeness (QED) is 0.00882. The number of guanidine groups is 1. The number of amides is 10. The minimum Gasteiger partial charge on any atom is -0.370 e. The third kappa shape index (κ3) is 21.0. The summed E-state index contributed by atoms with van der Waals surface area (Å²) in [6, 6.07) is -3.16. The van der Waals surface area contributed by atoms with Crippen molar-refractivity contribution in [1.82, 2.24) is 48.0 Å². The lowest BCUT2D eigenvalue weighted by molar-refractivity contribution is -0.137. The third-order valence-electron chi connectivity index (χ3n) is 10.4. The molecule has 2 heterocycles. The standard InChI is InChI=1S/C39H69N13O10S/c1-21(2)16-23(17-29(54)52-62)35(58)48-25(11-9-15-44-38(41)42)36(59)50-32(22(3)4)37(60)46-18-30(55)45-19-31(56)47-24(34(40)57)10-7-8-14-43-28(53)13-6-5-12-27-33-26(20-63-27)49-39(61)51-33/h21-27,32-33,62H,5-20H2,1-4H3,(H2,40,57)(H,43,53)(H,45,55)(H,46,60)(H,47,56)(H,48,58)(H,50,59)(H,52,54)(H4,41,42,44)(H2,49,51,61)/t23?,24-,25-,26-,27-,32-,33-/m0/s1. The van der Waals surface area contributed by atoms with Gasteiger partial charge < -0.3 is 59.7 Å². The van der Waals surface area contributed by atoms with E-state index in [2.05, 4.69) is 47.5 Å². The van der Waals surface area contributed by atoms with E-state index >= 15 is 0 Å². The largest absolute Gasteiger partial charge is 0.370 e. The van der Waals surface area contributed by atoms with Crippen molar-refractivity contribution < 1.29 is 48.4 Å². The summed E-state index contributed by atoms with van der Waals surface area (Å²) >= 11 is 1.83. The van der Waals surface area contributed by atoms with E-state index in [1.165, 1.54) is 5.48 Å². The Bertz CT molecular complexity index is 1610. The van der Waals surface area contributed by atoms with Crippen LogP contribution in [0.1, 0.15) is 98.3 Å². The predicted molar refractivity (Wildman–Crippen MR) is 234 cm³/mol. The molecule has 23 nitrogen and oxygen atoms in total. The smallest absolute Gasteiger partial charge is 0.315 e. The van der Waals surface area contributed by atoms with Gasteiger partial charge >= 0.3 is 6.03 Å². The van der Waals surface area contributed by atoms with Crippen molar-refractivity contribution in [3.8, 4) is 0 Å². The van der Waals surface area contributed by atoms with Gasteiger partial charge in [0.25, 0.3) is 0 Å². The number of primary amides is 1. The van der Waals surface area contributed by atoms with Crippen LogP contribution in [0.5, 0.6) is 0 Å². The predicted octanol–water partition coefficient (Wildman–Crippen LogP) is -2.56. The molecule has 0 aromatic carbocycles. The molecule has 10 amide bonds. The average Bonchev–Trinajstić information content (AvgIpc) is 3.78. The van der Waals surface area contributed by atoms with Crippen molar-refractivity contribution in [3.05, 3.63) is 0 Å². The fraction of sp³-hybridized carbons (Fsp3) is 0.744. The molecule has 2 saturated heterocycles. The molecule has 0 radical (unpaired) electrons. The van der Waals surface area contributed by atoms with Gasteiger partial charge in [-0.15, -0.1) is 0 Å². The summed E-state index contributed by atoms with van der Waals surface area (Å²) in [5, 5.41) is 30.6. The Hall–Kier alpha value is -5.39. The highest BCUT2D eigenvalue weighted by Crippen LogP contribution is 2.33. The highest BCUT2D eigenvalue weighted by atomic mass is 32.2. The molecule has 24 heteroatoms. The summed E-state index contributed by atoms with van der Waals surface area (Å²) in [5.41, 5.74) is 17.8. The molecular weight excluding hydrogens is 843 g/mol. The number of hydroxylamine groups is 1. The van der Waals surface area contributed by atoms with Gasteiger partial charge in [0.2, 0.25) is 47.3 Å². The second-order valence-corrected chi connectivity index (χ2v) is 17.8. The molecule has 2 rings (SSSR count). The number of hydrogen-bond acceptors (Lipinski definition) is 12. The van der Waals surface area contributed by atoms with Gasteiger partial charge in [-0.05, 0) is 63.2 Å². The van der Waals surface area contributed by atoms with Crippen LogP contribution < -0.4 is 65.2 Å².